The van der Waals surface area contributed by atoms with Gasteiger partial charge in [-0.05, 0) is 18.6 Å². The van der Waals surface area contributed by atoms with Crippen LogP contribution in [0.2, 0.25) is 0 Å². The van der Waals surface area contributed by atoms with Crippen LogP contribution >= 0.6 is 0 Å². The molecule has 1 aromatic rings. The molecule has 0 fully saturated rings. The van der Waals surface area contributed by atoms with E-state index in [1.807, 2.05) is 0 Å². The third kappa shape index (κ3) is 2.90. The number of anilines is 1. The van der Waals surface area contributed by atoms with E-state index in [0.29, 0.717) is 12.4 Å². The van der Waals surface area contributed by atoms with Crippen LogP contribution < -0.4 is 5.32 Å². The summed E-state index contributed by atoms with van der Waals surface area (Å²) in [5, 5.41) is 11.7. The van der Waals surface area contributed by atoms with E-state index in [4.69, 9.17) is 5.11 Å². The SMILES string of the molecule is C=CCCNc1cccc(C(=O)O)n1. The Morgan fingerprint density at radius 3 is 3.07 bits per heavy atom. The van der Waals surface area contributed by atoms with Crippen LogP contribution in [0.3, 0.4) is 0 Å². The molecule has 0 amide bonds. The van der Waals surface area contributed by atoms with Gasteiger partial charge in [0.15, 0.2) is 5.69 Å². The molecule has 0 radical (unpaired) electrons. The first-order valence-electron chi connectivity index (χ1n) is 4.29. The number of nitrogens with zero attached hydrogens (tertiary/aromatic N) is 1. The molecule has 0 saturated carbocycles. The first-order valence-corrected chi connectivity index (χ1v) is 4.29. The van der Waals surface area contributed by atoms with E-state index >= 15 is 0 Å². The first-order chi connectivity index (χ1) is 6.74. The zero-order chi connectivity index (χ0) is 10.4. The molecule has 1 rings (SSSR count). The number of carbonyl (C=O) groups is 1. The predicted octanol–water partition coefficient (Wildman–Crippen LogP) is 1.77. The number of pyridine rings is 1. The lowest BCUT2D eigenvalue weighted by atomic mass is 10.3. The quantitative estimate of drug-likeness (QED) is 0.551. The fraction of sp³-hybridized carbons (Fsp3) is 0.200. The number of carboxylic acid groups (broad SMARTS) is 1. The summed E-state index contributed by atoms with van der Waals surface area (Å²) in [6.45, 7) is 4.29. The highest BCUT2D eigenvalue weighted by molar-refractivity contribution is 5.85. The average molecular weight is 192 g/mol. The van der Waals surface area contributed by atoms with Crippen molar-refractivity contribution in [2.24, 2.45) is 0 Å². The molecule has 0 saturated heterocycles. The molecule has 0 unspecified atom stereocenters. The van der Waals surface area contributed by atoms with Crippen LogP contribution in [0.1, 0.15) is 16.9 Å². The third-order valence-corrected chi connectivity index (χ3v) is 1.62. The molecular weight excluding hydrogens is 180 g/mol. The lowest BCUT2D eigenvalue weighted by molar-refractivity contribution is 0.0690. The molecule has 1 aromatic heterocycles. The van der Waals surface area contributed by atoms with E-state index in [1.165, 1.54) is 6.07 Å². The summed E-state index contributed by atoms with van der Waals surface area (Å²) in [6.07, 6.45) is 2.60. The molecule has 0 aliphatic rings. The maximum atomic E-state index is 10.6. The fourth-order valence-electron chi connectivity index (χ4n) is 0.955. The number of aromatic nitrogens is 1. The minimum atomic E-state index is -1.02. The van der Waals surface area contributed by atoms with Crippen LogP contribution in [0.15, 0.2) is 30.9 Å². The molecule has 4 heteroatoms. The molecule has 0 atom stereocenters. The van der Waals surface area contributed by atoms with Gasteiger partial charge in [-0.15, -0.1) is 6.58 Å². The van der Waals surface area contributed by atoms with Gasteiger partial charge in [0.2, 0.25) is 0 Å². The summed E-state index contributed by atoms with van der Waals surface area (Å²) >= 11 is 0. The molecule has 0 bridgehead atoms. The van der Waals surface area contributed by atoms with Crippen molar-refractivity contribution >= 4 is 11.8 Å². The lowest BCUT2D eigenvalue weighted by Gasteiger charge is -2.03. The second-order valence-electron chi connectivity index (χ2n) is 2.72. The minimum Gasteiger partial charge on any atom is -0.477 e. The number of aromatic carboxylic acids is 1. The van der Waals surface area contributed by atoms with Gasteiger partial charge in [-0.25, -0.2) is 9.78 Å². The maximum Gasteiger partial charge on any atom is 0.354 e. The number of nitrogens with one attached hydrogen (secondary N) is 1. The van der Waals surface area contributed by atoms with Crippen molar-refractivity contribution in [1.29, 1.82) is 0 Å². The maximum absolute atomic E-state index is 10.6. The Balaban J connectivity index is 2.63. The first kappa shape index (κ1) is 10.2. The predicted molar refractivity (Wildman–Crippen MR) is 54.5 cm³/mol. The van der Waals surface area contributed by atoms with Crippen molar-refractivity contribution in [2.45, 2.75) is 6.42 Å². The third-order valence-electron chi connectivity index (χ3n) is 1.62. The number of hydrogen-bond acceptors (Lipinski definition) is 3. The molecular formula is C10H12N2O2. The summed E-state index contributed by atoms with van der Waals surface area (Å²) in [5.74, 6) is -0.441. The molecule has 74 valence electrons. The molecule has 0 spiro atoms. The van der Waals surface area contributed by atoms with Crippen LogP contribution in [-0.2, 0) is 0 Å². The Morgan fingerprint density at radius 1 is 1.64 bits per heavy atom. The van der Waals surface area contributed by atoms with Crippen LogP contribution in [0, 0.1) is 0 Å². The zero-order valence-electron chi connectivity index (χ0n) is 7.73. The lowest BCUT2D eigenvalue weighted by Crippen LogP contribution is -2.06. The molecule has 4 nitrogen and oxygen atoms in total. The Morgan fingerprint density at radius 2 is 2.43 bits per heavy atom. The second kappa shape index (κ2) is 5.01. The van der Waals surface area contributed by atoms with E-state index in [1.54, 1.807) is 18.2 Å². The molecule has 1 heterocycles. The van der Waals surface area contributed by atoms with Gasteiger partial charge in [0, 0.05) is 6.54 Å². The van der Waals surface area contributed by atoms with Crippen molar-refractivity contribution in [1.82, 2.24) is 4.98 Å². The Bertz CT molecular complexity index is 337. The Kier molecular flexibility index (Phi) is 3.67. The van der Waals surface area contributed by atoms with Crippen molar-refractivity contribution in [2.75, 3.05) is 11.9 Å². The van der Waals surface area contributed by atoms with Crippen LogP contribution in [0.25, 0.3) is 0 Å². The van der Waals surface area contributed by atoms with Crippen LogP contribution in [0.5, 0.6) is 0 Å². The van der Waals surface area contributed by atoms with Gasteiger partial charge in [-0.1, -0.05) is 12.1 Å². The summed E-state index contributed by atoms with van der Waals surface area (Å²) < 4.78 is 0. The summed E-state index contributed by atoms with van der Waals surface area (Å²) in [5.41, 5.74) is 0.0496. The molecule has 0 aliphatic carbocycles. The van der Waals surface area contributed by atoms with Crippen molar-refractivity contribution in [3.05, 3.63) is 36.5 Å². The van der Waals surface area contributed by atoms with Crippen molar-refractivity contribution in [3.8, 4) is 0 Å². The van der Waals surface area contributed by atoms with Crippen LogP contribution in [0.4, 0.5) is 5.82 Å². The number of carboxylic acids is 1. The van der Waals surface area contributed by atoms with Gasteiger partial charge in [0.05, 0.1) is 0 Å². The van der Waals surface area contributed by atoms with E-state index in [-0.39, 0.29) is 5.69 Å². The van der Waals surface area contributed by atoms with Gasteiger partial charge in [-0.2, -0.15) is 0 Å². The average Bonchev–Trinajstić information content (AvgIpc) is 2.19. The monoisotopic (exact) mass is 192 g/mol. The smallest absolute Gasteiger partial charge is 0.354 e. The number of hydrogen-bond donors (Lipinski definition) is 2. The highest BCUT2D eigenvalue weighted by atomic mass is 16.4. The minimum absolute atomic E-state index is 0.0496. The molecule has 14 heavy (non-hydrogen) atoms. The van der Waals surface area contributed by atoms with Crippen LogP contribution in [-0.4, -0.2) is 22.6 Å². The van der Waals surface area contributed by atoms with Crippen molar-refractivity contribution < 1.29 is 9.90 Å². The summed E-state index contributed by atoms with van der Waals surface area (Å²) in [4.78, 5) is 14.5. The highest BCUT2D eigenvalue weighted by Crippen LogP contribution is 2.04. The molecule has 0 aromatic carbocycles. The van der Waals surface area contributed by atoms with Gasteiger partial charge in [0.1, 0.15) is 5.82 Å². The van der Waals surface area contributed by atoms with Gasteiger partial charge in [0.25, 0.3) is 0 Å². The summed E-state index contributed by atoms with van der Waals surface area (Å²) in [7, 11) is 0. The van der Waals surface area contributed by atoms with E-state index in [9.17, 15) is 4.79 Å². The highest BCUT2D eigenvalue weighted by Gasteiger charge is 2.03. The molecule has 0 aliphatic heterocycles. The van der Waals surface area contributed by atoms with E-state index in [0.717, 1.165) is 6.42 Å². The van der Waals surface area contributed by atoms with E-state index < -0.39 is 5.97 Å². The topological polar surface area (TPSA) is 62.2 Å². The normalized spacial score (nSPS) is 9.43. The molecule has 2 N–H and O–H groups in total. The van der Waals surface area contributed by atoms with Gasteiger partial charge < -0.3 is 10.4 Å². The Labute approximate surface area is 82.3 Å². The van der Waals surface area contributed by atoms with Crippen molar-refractivity contribution in [3.63, 3.8) is 0 Å². The standard InChI is InChI=1S/C10H12N2O2/c1-2-3-7-11-9-6-4-5-8(12-9)10(13)14/h2,4-6H,1,3,7H2,(H,11,12)(H,13,14). The zero-order valence-corrected chi connectivity index (χ0v) is 7.73. The largest absolute Gasteiger partial charge is 0.477 e. The second-order valence-corrected chi connectivity index (χ2v) is 2.72. The van der Waals surface area contributed by atoms with Gasteiger partial charge >= 0.3 is 5.97 Å². The Hall–Kier alpha value is -1.84. The number of rotatable bonds is 5. The fourth-order valence-corrected chi connectivity index (χ4v) is 0.955. The van der Waals surface area contributed by atoms with E-state index in [2.05, 4.69) is 16.9 Å². The van der Waals surface area contributed by atoms with Gasteiger partial charge in [-0.3, -0.25) is 0 Å². The summed E-state index contributed by atoms with van der Waals surface area (Å²) in [6, 6.07) is 4.85.